The molecule has 1 aromatic carbocycles. The molecule has 1 aromatic rings. The van der Waals surface area contributed by atoms with Crippen LogP contribution in [0.5, 0.6) is 5.75 Å². The molecule has 1 aliphatic heterocycles. The molecule has 134 valence electrons. The van der Waals surface area contributed by atoms with Gasteiger partial charge in [-0.05, 0) is 30.5 Å². The van der Waals surface area contributed by atoms with E-state index >= 15 is 0 Å². The fourth-order valence-electron chi connectivity index (χ4n) is 3.36. The monoisotopic (exact) mass is 345 g/mol. The standard InChI is InChI=1S/C19H23NO5/c21-16(11-25-19(23)9-6-13-4-2-1-3-5-13)14-7-8-17-15(10-14)20-18(22)12-24-17/h7-8,10,13H,1-6,9,11-12H2,(H,20,22). The largest absolute Gasteiger partial charge is 0.482 e. The summed E-state index contributed by atoms with van der Waals surface area (Å²) in [6.07, 6.45) is 7.38. The lowest BCUT2D eigenvalue weighted by Gasteiger charge is -2.20. The van der Waals surface area contributed by atoms with Gasteiger partial charge >= 0.3 is 5.97 Å². The van der Waals surface area contributed by atoms with E-state index in [-0.39, 0.29) is 30.9 Å². The van der Waals surface area contributed by atoms with Gasteiger partial charge in [0.2, 0.25) is 0 Å². The molecule has 0 unspecified atom stereocenters. The van der Waals surface area contributed by atoms with Crippen LogP contribution in [0.15, 0.2) is 18.2 Å². The van der Waals surface area contributed by atoms with Crippen molar-refractivity contribution < 1.29 is 23.9 Å². The Labute approximate surface area is 146 Å². The van der Waals surface area contributed by atoms with Crippen molar-refractivity contribution >= 4 is 23.3 Å². The first kappa shape index (κ1) is 17.5. The first-order chi connectivity index (χ1) is 12.1. The van der Waals surface area contributed by atoms with Gasteiger partial charge in [0, 0.05) is 12.0 Å². The predicted molar refractivity (Wildman–Crippen MR) is 91.7 cm³/mol. The molecule has 1 fully saturated rings. The van der Waals surface area contributed by atoms with E-state index < -0.39 is 0 Å². The zero-order chi connectivity index (χ0) is 17.6. The van der Waals surface area contributed by atoms with Crippen LogP contribution < -0.4 is 10.1 Å². The van der Waals surface area contributed by atoms with E-state index in [1.54, 1.807) is 18.2 Å². The zero-order valence-electron chi connectivity index (χ0n) is 14.2. The summed E-state index contributed by atoms with van der Waals surface area (Å²) in [4.78, 5) is 35.4. The Morgan fingerprint density at radius 2 is 2.00 bits per heavy atom. The fraction of sp³-hybridized carbons (Fsp3) is 0.526. The van der Waals surface area contributed by atoms with Crippen molar-refractivity contribution in [3.8, 4) is 5.75 Å². The molecule has 25 heavy (non-hydrogen) atoms. The maximum absolute atomic E-state index is 12.2. The van der Waals surface area contributed by atoms with Crippen LogP contribution in [0, 0.1) is 5.92 Å². The molecule has 0 bridgehead atoms. The van der Waals surface area contributed by atoms with Crippen molar-refractivity contribution in [2.24, 2.45) is 5.92 Å². The molecule has 2 aliphatic rings. The second-order valence-electron chi connectivity index (χ2n) is 6.67. The van der Waals surface area contributed by atoms with Gasteiger partial charge in [-0.25, -0.2) is 0 Å². The van der Waals surface area contributed by atoms with Crippen LogP contribution in [0.2, 0.25) is 0 Å². The second kappa shape index (κ2) is 8.14. The number of amides is 1. The fourth-order valence-corrected chi connectivity index (χ4v) is 3.36. The van der Waals surface area contributed by atoms with Gasteiger partial charge in [-0.15, -0.1) is 0 Å². The Morgan fingerprint density at radius 1 is 1.20 bits per heavy atom. The molecule has 0 saturated heterocycles. The van der Waals surface area contributed by atoms with Crippen LogP contribution >= 0.6 is 0 Å². The Kier molecular flexibility index (Phi) is 5.68. The summed E-state index contributed by atoms with van der Waals surface area (Å²) < 4.78 is 10.4. The van der Waals surface area contributed by atoms with Crippen molar-refractivity contribution in [2.45, 2.75) is 44.9 Å². The van der Waals surface area contributed by atoms with Gasteiger partial charge in [-0.2, -0.15) is 0 Å². The number of Topliss-reactive ketones (excluding diaryl/α,β-unsaturated/α-hetero) is 1. The number of benzene rings is 1. The summed E-state index contributed by atoms with van der Waals surface area (Å²) in [6, 6.07) is 4.78. The third kappa shape index (κ3) is 4.81. The molecule has 3 rings (SSSR count). The van der Waals surface area contributed by atoms with Gasteiger partial charge in [0.05, 0.1) is 5.69 Å². The molecule has 0 aromatic heterocycles. The number of esters is 1. The van der Waals surface area contributed by atoms with E-state index in [9.17, 15) is 14.4 Å². The highest BCUT2D eigenvalue weighted by Gasteiger charge is 2.19. The molecule has 1 saturated carbocycles. The van der Waals surface area contributed by atoms with Gasteiger partial charge in [0.25, 0.3) is 5.91 Å². The van der Waals surface area contributed by atoms with Crippen LogP contribution in [0.25, 0.3) is 0 Å². The molecule has 0 atom stereocenters. The number of rotatable bonds is 6. The molecule has 0 spiro atoms. The number of hydrogen-bond donors (Lipinski definition) is 1. The molecular weight excluding hydrogens is 322 g/mol. The minimum atomic E-state index is -0.325. The predicted octanol–water partition coefficient (Wildman–Crippen LogP) is 3.10. The third-order valence-electron chi connectivity index (χ3n) is 4.78. The van der Waals surface area contributed by atoms with E-state index in [1.165, 1.54) is 32.1 Å². The van der Waals surface area contributed by atoms with E-state index in [0.29, 0.717) is 29.3 Å². The summed E-state index contributed by atoms with van der Waals surface area (Å²) in [5.74, 6) is 0.260. The Bertz CT molecular complexity index is 664. The quantitative estimate of drug-likeness (QED) is 0.633. The van der Waals surface area contributed by atoms with Crippen LogP contribution in [0.4, 0.5) is 5.69 Å². The first-order valence-electron chi connectivity index (χ1n) is 8.87. The Balaban J connectivity index is 1.46. The summed E-state index contributed by atoms with van der Waals surface area (Å²) in [6.45, 7) is -0.310. The molecule has 1 aliphatic carbocycles. The highest BCUT2D eigenvalue weighted by molar-refractivity contribution is 6.01. The maximum atomic E-state index is 12.2. The van der Waals surface area contributed by atoms with Crippen LogP contribution in [-0.2, 0) is 14.3 Å². The Hall–Kier alpha value is -2.37. The topological polar surface area (TPSA) is 81.7 Å². The van der Waals surface area contributed by atoms with Gasteiger partial charge < -0.3 is 14.8 Å². The van der Waals surface area contributed by atoms with Gasteiger partial charge in [-0.1, -0.05) is 32.1 Å². The van der Waals surface area contributed by atoms with E-state index in [0.717, 1.165) is 6.42 Å². The van der Waals surface area contributed by atoms with Gasteiger partial charge in [0.15, 0.2) is 19.0 Å². The highest BCUT2D eigenvalue weighted by Crippen LogP contribution is 2.29. The lowest BCUT2D eigenvalue weighted by Crippen LogP contribution is -2.25. The van der Waals surface area contributed by atoms with Crippen molar-refractivity contribution in [1.29, 1.82) is 0 Å². The molecule has 1 amide bonds. The summed E-state index contributed by atoms with van der Waals surface area (Å²) in [5, 5.41) is 2.65. The summed E-state index contributed by atoms with van der Waals surface area (Å²) in [7, 11) is 0. The van der Waals surface area contributed by atoms with Crippen LogP contribution in [-0.4, -0.2) is 30.9 Å². The number of ketones is 1. The number of anilines is 1. The van der Waals surface area contributed by atoms with Crippen molar-refractivity contribution in [3.05, 3.63) is 23.8 Å². The van der Waals surface area contributed by atoms with E-state index in [2.05, 4.69) is 5.32 Å². The number of nitrogens with one attached hydrogen (secondary N) is 1. The molecule has 6 heteroatoms. The zero-order valence-corrected chi connectivity index (χ0v) is 14.2. The van der Waals surface area contributed by atoms with Crippen LogP contribution in [0.1, 0.15) is 55.3 Å². The number of carbonyl (C=O) groups is 3. The summed E-state index contributed by atoms with van der Waals surface area (Å²) in [5.41, 5.74) is 0.843. The van der Waals surface area contributed by atoms with Crippen molar-refractivity contribution in [2.75, 3.05) is 18.5 Å². The second-order valence-corrected chi connectivity index (χ2v) is 6.67. The Morgan fingerprint density at radius 3 is 2.80 bits per heavy atom. The average Bonchev–Trinajstić information content (AvgIpc) is 2.64. The minimum absolute atomic E-state index is 0.0289. The lowest BCUT2D eigenvalue weighted by atomic mass is 9.86. The number of fused-ring (bicyclic) bond motifs is 1. The minimum Gasteiger partial charge on any atom is -0.482 e. The molecule has 0 radical (unpaired) electrons. The van der Waals surface area contributed by atoms with Gasteiger partial charge in [0.1, 0.15) is 5.75 Å². The van der Waals surface area contributed by atoms with Crippen molar-refractivity contribution in [1.82, 2.24) is 0 Å². The molecular formula is C19H23NO5. The normalized spacial score (nSPS) is 17.2. The number of carbonyl (C=O) groups excluding carboxylic acids is 3. The average molecular weight is 345 g/mol. The van der Waals surface area contributed by atoms with Crippen LogP contribution in [0.3, 0.4) is 0 Å². The highest BCUT2D eigenvalue weighted by atomic mass is 16.5. The van der Waals surface area contributed by atoms with E-state index in [4.69, 9.17) is 9.47 Å². The molecule has 6 nitrogen and oxygen atoms in total. The van der Waals surface area contributed by atoms with Gasteiger partial charge in [-0.3, -0.25) is 14.4 Å². The molecule has 1 heterocycles. The third-order valence-corrected chi connectivity index (χ3v) is 4.78. The lowest BCUT2D eigenvalue weighted by molar-refractivity contribution is -0.142. The van der Waals surface area contributed by atoms with E-state index in [1.807, 2.05) is 0 Å². The molecule has 1 N–H and O–H groups in total. The number of hydrogen-bond acceptors (Lipinski definition) is 5. The van der Waals surface area contributed by atoms with Crippen molar-refractivity contribution in [3.63, 3.8) is 0 Å². The maximum Gasteiger partial charge on any atom is 0.306 e. The number of ether oxygens (including phenoxy) is 2. The SMILES string of the molecule is O=C1COc2ccc(C(=O)COC(=O)CCC3CCCCC3)cc2N1. The summed E-state index contributed by atoms with van der Waals surface area (Å²) >= 11 is 0. The first-order valence-corrected chi connectivity index (χ1v) is 8.87. The smallest absolute Gasteiger partial charge is 0.306 e.